The number of aliphatic hydroxyl groups is 1. The summed E-state index contributed by atoms with van der Waals surface area (Å²) in [7, 11) is 0. The Morgan fingerprint density at radius 1 is 1.06 bits per heavy atom. The summed E-state index contributed by atoms with van der Waals surface area (Å²) in [5, 5.41) is 9.70. The molecular formula is C14H16N2O. The fraction of sp³-hybridized carbons (Fsp3) is 0.286. The van der Waals surface area contributed by atoms with Crippen molar-refractivity contribution in [3.63, 3.8) is 0 Å². The molecule has 1 atom stereocenters. The smallest absolute Gasteiger partial charge is 0.125 e. The van der Waals surface area contributed by atoms with E-state index in [1.807, 2.05) is 50.5 Å². The van der Waals surface area contributed by atoms with Gasteiger partial charge in [-0.25, -0.2) is 9.97 Å². The number of aryl methyl sites for hydroxylation is 1. The summed E-state index contributed by atoms with van der Waals surface area (Å²) in [5.74, 6) is 0.770. The molecule has 0 aliphatic heterocycles. The number of nitrogens with zero attached hydrogens (tertiary/aromatic N) is 2. The highest BCUT2D eigenvalue weighted by atomic mass is 16.3. The Labute approximate surface area is 101 Å². The van der Waals surface area contributed by atoms with E-state index in [4.69, 9.17) is 0 Å². The molecule has 0 aliphatic rings. The maximum Gasteiger partial charge on any atom is 0.125 e. The van der Waals surface area contributed by atoms with Crippen LogP contribution in [0.3, 0.4) is 0 Å². The average Bonchev–Trinajstić information content (AvgIpc) is 2.39. The summed E-state index contributed by atoms with van der Waals surface area (Å²) in [4.78, 5) is 8.34. The zero-order valence-electron chi connectivity index (χ0n) is 10.1. The third kappa shape index (κ3) is 2.68. The van der Waals surface area contributed by atoms with Crippen molar-refractivity contribution in [3.05, 3.63) is 48.0 Å². The lowest BCUT2D eigenvalue weighted by molar-refractivity contribution is 0.173. The molecule has 2 rings (SSSR count). The molecule has 2 aromatic rings. The van der Waals surface area contributed by atoms with Gasteiger partial charge in [0.15, 0.2) is 0 Å². The van der Waals surface area contributed by atoms with E-state index in [1.54, 1.807) is 0 Å². The van der Waals surface area contributed by atoms with Crippen molar-refractivity contribution >= 4 is 0 Å². The van der Waals surface area contributed by atoms with Gasteiger partial charge in [0.1, 0.15) is 5.82 Å². The van der Waals surface area contributed by atoms with E-state index in [0.717, 1.165) is 28.9 Å². The summed E-state index contributed by atoms with van der Waals surface area (Å²) in [6.07, 6.45) is 3.98. The van der Waals surface area contributed by atoms with Crippen LogP contribution in [0.25, 0.3) is 11.1 Å². The minimum atomic E-state index is -0.377. The Bertz CT molecular complexity index is 477. The van der Waals surface area contributed by atoms with Crippen molar-refractivity contribution in [1.82, 2.24) is 9.97 Å². The maximum absolute atomic E-state index is 9.70. The van der Waals surface area contributed by atoms with Gasteiger partial charge in [0.05, 0.1) is 6.10 Å². The van der Waals surface area contributed by atoms with Gasteiger partial charge in [0.25, 0.3) is 0 Å². The van der Waals surface area contributed by atoms with Crippen molar-refractivity contribution in [1.29, 1.82) is 0 Å². The normalized spacial score (nSPS) is 12.4. The Hall–Kier alpha value is -1.74. The highest BCUT2D eigenvalue weighted by Crippen LogP contribution is 2.22. The second kappa shape index (κ2) is 5.06. The molecule has 1 aromatic carbocycles. The van der Waals surface area contributed by atoms with Crippen LogP contribution in [0.2, 0.25) is 0 Å². The van der Waals surface area contributed by atoms with Crippen LogP contribution in [0.5, 0.6) is 0 Å². The van der Waals surface area contributed by atoms with Crippen LogP contribution in [0.4, 0.5) is 0 Å². The molecule has 1 heterocycles. The van der Waals surface area contributed by atoms with Gasteiger partial charge in [0, 0.05) is 18.0 Å². The van der Waals surface area contributed by atoms with Crippen LogP contribution >= 0.6 is 0 Å². The van der Waals surface area contributed by atoms with Crippen LogP contribution < -0.4 is 0 Å². The second-order valence-electron chi connectivity index (χ2n) is 4.07. The van der Waals surface area contributed by atoms with Gasteiger partial charge in [-0.1, -0.05) is 31.2 Å². The van der Waals surface area contributed by atoms with Gasteiger partial charge in [-0.15, -0.1) is 0 Å². The second-order valence-corrected chi connectivity index (χ2v) is 4.07. The molecule has 0 spiro atoms. The Balaban J connectivity index is 2.26. The van der Waals surface area contributed by atoms with Gasteiger partial charge in [-0.3, -0.25) is 0 Å². The van der Waals surface area contributed by atoms with Crippen LogP contribution in [0.15, 0.2) is 36.7 Å². The standard InChI is InChI=1S/C14H16N2O/c1-3-14(17)12-6-4-11(5-7-12)13-8-15-10(2)16-9-13/h4-9,14,17H,3H2,1-2H3. The minimum Gasteiger partial charge on any atom is -0.388 e. The average molecular weight is 228 g/mol. The molecular weight excluding hydrogens is 212 g/mol. The monoisotopic (exact) mass is 228 g/mol. The zero-order chi connectivity index (χ0) is 12.3. The fourth-order valence-corrected chi connectivity index (χ4v) is 1.68. The van der Waals surface area contributed by atoms with Gasteiger partial charge >= 0.3 is 0 Å². The molecule has 3 heteroatoms. The molecule has 0 saturated carbocycles. The number of aromatic nitrogens is 2. The summed E-state index contributed by atoms with van der Waals surface area (Å²) < 4.78 is 0. The number of aliphatic hydroxyl groups excluding tert-OH is 1. The first kappa shape index (κ1) is 11.7. The first-order valence-electron chi connectivity index (χ1n) is 5.77. The predicted octanol–water partition coefficient (Wildman–Crippen LogP) is 2.90. The highest BCUT2D eigenvalue weighted by molar-refractivity contribution is 5.61. The van der Waals surface area contributed by atoms with E-state index in [1.165, 1.54) is 0 Å². The molecule has 1 N–H and O–H groups in total. The molecule has 17 heavy (non-hydrogen) atoms. The van der Waals surface area contributed by atoms with E-state index in [2.05, 4.69) is 9.97 Å². The molecule has 88 valence electrons. The molecule has 0 radical (unpaired) electrons. The van der Waals surface area contributed by atoms with Crippen LogP contribution in [0.1, 0.15) is 30.8 Å². The number of hydrogen-bond donors (Lipinski definition) is 1. The highest BCUT2D eigenvalue weighted by Gasteiger charge is 2.05. The number of hydrogen-bond acceptors (Lipinski definition) is 3. The molecule has 0 fully saturated rings. The summed E-state index contributed by atoms with van der Waals surface area (Å²) >= 11 is 0. The van der Waals surface area contributed by atoms with E-state index < -0.39 is 0 Å². The SMILES string of the molecule is CCC(O)c1ccc(-c2cnc(C)nc2)cc1. The molecule has 1 aromatic heterocycles. The third-order valence-electron chi connectivity index (χ3n) is 2.80. The first-order valence-corrected chi connectivity index (χ1v) is 5.77. The fourth-order valence-electron chi connectivity index (χ4n) is 1.68. The van der Waals surface area contributed by atoms with Gasteiger partial charge in [0.2, 0.25) is 0 Å². The van der Waals surface area contributed by atoms with Crippen molar-refractivity contribution in [2.45, 2.75) is 26.4 Å². The summed E-state index contributed by atoms with van der Waals surface area (Å²) in [6.45, 7) is 3.83. The molecule has 0 bridgehead atoms. The van der Waals surface area contributed by atoms with Gasteiger partial charge < -0.3 is 5.11 Å². The van der Waals surface area contributed by atoms with Crippen LogP contribution in [-0.2, 0) is 0 Å². The van der Waals surface area contributed by atoms with Crippen LogP contribution in [0, 0.1) is 6.92 Å². The molecule has 0 saturated heterocycles. The Morgan fingerprint density at radius 2 is 1.65 bits per heavy atom. The zero-order valence-corrected chi connectivity index (χ0v) is 10.1. The Morgan fingerprint density at radius 3 is 2.18 bits per heavy atom. The first-order chi connectivity index (χ1) is 8.20. The van der Waals surface area contributed by atoms with Crippen LogP contribution in [-0.4, -0.2) is 15.1 Å². The third-order valence-corrected chi connectivity index (χ3v) is 2.80. The molecule has 3 nitrogen and oxygen atoms in total. The number of rotatable bonds is 3. The van der Waals surface area contributed by atoms with Crippen molar-refractivity contribution in [2.24, 2.45) is 0 Å². The predicted molar refractivity (Wildman–Crippen MR) is 67.5 cm³/mol. The Kier molecular flexibility index (Phi) is 3.49. The van der Waals surface area contributed by atoms with Crippen molar-refractivity contribution in [3.8, 4) is 11.1 Å². The minimum absolute atomic E-state index is 0.377. The molecule has 1 unspecified atom stereocenters. The van der Waals surface area contributed by atoms with E-state index in [0.29, 0.717) is 0 Å². The molecule has 0 aliphatic carbocycles. The quantitative estimate of drug-likeness (QED) is 0.878. The lowest BCUT2D eigenvalue weighted by Gasteiger charge is -2.08. The van der Waals surface area contributed by atoms with Crippen molar-refractivity contribution in [2.75, 3.05) is 0 Å². The largest absolute Gasteiger partial charge is 0.388 e. The maximum atomic E-state index is 9.70. The van der Waals surface area contributed by atoms with E-state index >= 15 is 0 Å². The topological polar surface area (TPSA) is 46.0 Å². The van der Waals surface area contributed by atoms with E-state index in [-0.39, 0.29) is 6.10 Å². The van der Waals surface area contributed by atoms with Crippen molar-refractivity contribution < 1.29 is 5.11 Å². The van der Waals surface area contributed by atoms with Gasteiger partial charge in [-0.05, 0) is 24.5 Å². The number of benzene rings is 1. The lowest BCUT2D eigenvalue weighted by Crippen LogP contribution is -1.94. The van der Waals surface area contributed by atoms with Gasteiger partial charge in [-0.2, -0.15) is 0 Å². The lowest BCUT2D eigenvalue weighted by atomic mass is 10.0. The van der Waals surface area contributed by atoms with E-state index in [9.17, 15) is 5.11 Å². The summed E-state index contributed by atoms with van der Waals surface area (Å²) in [5.41, 5.74) is 3.01. The molecule has 0 amide bonds. The summed E-state index contributed by atoms with van der Waals surface area (Å²) in [6, 6.07) is 7.87.